The molecule has 4 aromatic rings. The summed E-state index contributed by atoms with van der Waals surface area (Å²) in [5.41, 5.74) is 5.99. The highest BCUT2D eigenvalue weighted by Crippen LogP contribution is 2.33. The van der Waals surface area contributed by atoms with Crippen LogP contribution in [0.15, 0.2) is 66.9 Å². The molecule has 0 radical (unpaired) electrons. The first kappa shape index (κ1) is 16.0. The predicted octanol–water partition coefficient (Wildman–Crippen LogP) is 5.12. The number of fused-ring (bicyclic) bond motifs is 1. The number of non-ortho nitro benzene ring substituents is 1. The van der Waals surface area contributed by atoms with Crippen molar-refractivity contribution in [3.05, 3.63) is 82.5 Å². The van der Waals surface area contributed by atoms with Crippen LogP contribution in [0, 0.1) is 17.0 Å². The number of benzene rings is 2. The Balaban J connectivity index is 1.98. The molecular formula is C21H17N3O2. The molecule has 0 aliphatic carbocycles. The minimum Gasteiger partial charge on any atom is -0.349 e. The van der Waals surface area contributed by atoms with E-state index in [1.165, 1.54) is 0 Å². The number of aromatic nitrogens is 2. The van der Waals surface area contributed by atoms with Crippen LogP contribution in [0.4, 0.5) is 5.69 Å². The Hall–Kier alpha value is -3.47. The van der Waals surface area contributed by atoms with Crippen LogP contribution in [-0.2, 0) is 7.05 Å². The lowest BCUT2D eigenvalue weighted by Crippen LogP contribution is -1.95. The van der Waals surface area contributed by atoms with Crippen molar-refractivity contribution in [2.75, 3.05) is 0 Å². The zero-order valence-corrected chi connectivity index (χ0v) is 14.5. The number of nitrogens with zero attached hydrogens (tertiary/aromatic N) is 3. The largest absolute Gasteiger partial charge is 0.349 e. The van der Waals surface area contributed by atoms with Crippen LogP contribution in [-0.4, -0.2) is 14.5 Å². The minimum absolute atomic E-state index is 0.0888. The number of aryl methyl sites for hydroxylation is 2. The highest BCUT2D eigenvalue weighted by molar-refractivity contribution is 5.97. The van der Waals surface area contributed by atoms with Crippen LogP contribution >= 0.6 is 0 Å². The third-order valence-corrected chi connectivity index (χ3v) is 4.56. The Labute approximate surface area is 150 Å². The van der Waals surface area contributed by atoms with E-state index in [1.54, 1.807) is 24.3 Å². The number of hydrogen-bond donors (Lipinski definition) is 0. The van der Waals surface area contributed by atoms with Crippen molar-refractivity contribution in [3.8, 4) is 22.5 Å². The molecule has 0 atom stereocenters. The summed E-state index contributed by atoms with van der Waals surface area (Å²) in [7, 11) is 1.99. The molecule has 26 heavy (non-hydrogen) atoms. The molecule has 2 aromatic heterocycles. The lowest BCUT2D eigenvalue weighted by molar-refractivity contribution is -0.384. The van der Waals surface area contributed by atoms with Crippen molar-refractivity contribution in [3.63, 3.8) is 0 Å². The van der Waals surface area contributed by atoms with Gasteiger partial charge in [-0.05, 0) is 60.5 Å². The van der Waals surface area contributed by atoms with Crippen LogP contribution in [0.5, 0.6) is 0 Å². The summed E-state index contributed by atoms with van der Waals surface area (Å²) < 4.78 is 2.03. The van der Waals surface area contributed by atoms with E-state index in [9.17, 15) is 10.1 Å². The fourth-order valence-electron chi connectivity index (χ4n) is 3.20. The first-order valence-corrected chi connectivity index (χ1v) is 8.31. The number of nitro benzene ring substituents is 1. The van der Waals surface area contributed by atoms with Gasteiger partial charge in [-0.3, -0.25) is 10.1 Å². The molecule has 4 rings (SSSR count). The highest BCUT2D eigenvalue weighted by Gasteiger charge is 2.13. The second-order valence-electron chi connectivity index (χ2n) is 6.38. The van der Waals surface area contributed by atoms with Crippen molar-refractivity contribution < 1.29 is 4.92 Å². The molecule has 0 fully saturated rings. The van der Waals surface area contributed by atoms with Gasteiger partial charge in [0.2, 0.25) is 0 Å². The van der Waals surface area contributed by atoms with Gasteiger partial charge in [0.15, 0.2) is 0 Å². The fraction of sp³-hybridized carbons (Fsp3) is 0.0952. The van der Waals surface area contributed by atoms with Gasteiger partial charge in [0, 0.05) is 30.8 Å². The molecule has 0 aliphatic heterocycles. The number of hydrogen-bond acceptors (Lipinski definition) is 3. The van der Waals surface area contributed by atoms with Crippen LogP contribution in [0.25, 0.3) is 33.4 Å². The average molecular weight is 343 g/mol. The smallest absolute Gasteiger partial charge is 0.269 e. The van der Waals surface area contributed by atoms with Crippen molar-refractivity contribution in [2.45, 2.75) is 6.92 Å². The topological polar surface area (TPSA) is 61.0 Å². The normalized spacial score (nSPS) is 11.0. The van der Waals surface area contributed by atoms with E-state index in [1.807, 2.05) is 49.0 Å². The monoisotopic (exact) mass is 343 g/mol. The summed E-state index contributed by atoms with van der Waals surface area (Å²) in [6.45, 7) is 2.05. The number of nitro groups is 1. The molecule has 128 valence electrons. The van der Waals surface area contributed by atoms with Gasteiger partial charge < -0.3 is 4.57 Å². The lowest BCUT2D eigenvalue weighted by atomic mass is 9.98. The Morgan fingerprint density at radius 3 is 2.46 bits per heavy atom. The van der Waals surface area contributed by atoms with Crippen molar-refractivity contribution in [1.29, 1.82) is 0 Å². The van der Waals surface area contributed by atoms with Gasteiger partial charge in [-0.1, -0.05) is 11.6 Å². The van der Waals surface area contributed by atoms with Gasteiger partial charge in [-0.15, -0.1) is 0 Å². The lowest BCUT2D eigenvalue weighted by Gasteiger charge is -2.11. The van der Waals surface area contributed by atoms with E-state index in [4.69, 9.17) is 4.98 Å². The second kappa shape index (κ2) is 6.11. The molecule has 2 heterocycles. The van der Waals surface area contributed by atoms with Crippen LogP contribution in [0.1, 0.15) is 5.56 Å². The van der Waals surface area contributed by atoms with Gasteiger partial charge in [-0.25, -0.2) is 4.98 Å². The molecule has 0 saturated heterocycles. The van der Waals surface area contributed by atoms with Gasteiger partial charge in [0.25, 0.3) is 5.69 Å². The molecule has 5 nitrogen and oxygen atoms in total. The number of rotatable bonds is 3. The van der Waals surface area contributed by atoms with E-state index < -0.39 is 0 Å². The van der Waals surface area contributed by atoms with Gasteiger partial charge in [0.05, 0.1) is 21.8 Å². The molecule has 0 aliphatic rings. The van der Waals surface area contributed by atoms with Crippen molar-refractivity contribution in [1.82, 2.24) is 9.55 Å². The van der Waals surface area contributed by atoms with Crippen LogP contribution < -0.4 is 0 Å². The Morgan fingerprint density at radius 2 is 1.81 bits per heavy atom. The molecule has 2 aromatic carbocycles. The zero-order chi connectivity index (χ0) is 18.3. The van der Waals surface area contributed by atoms with E-state index in [2.05, 4.69) is 12.1 Å². The summed E-state index contributed by atoms with van der Waals surface area (Å²) in [6, 6.07) is 18.9. The van der Waals surface area contributed by atoms with E-state index in [0.29, 0.717) is 0 Å². The Morgan fingerprint density at radius 1 is 1.04 bits per heavy atom. The molecule has 5 heteroatoms. The molecule has 0 spiro atoms. The summed E-state index contributed by atoms with van der Waals surface area (Å²) in [5.74, 6) is 0. The van der Waals surface area contributed by atoms with Crippen molar-refractivity contribution >= 4 is 16.6 Å². The van der Waals surface area contributed by atoms with Crippen LogP contribution in [0.2, 0.25) is 0 Å². The summed E-state index contributed by atoms with van der Waals surface area (Å²) in [5, 5.41) is 12.0. The molecule has 0 amide bonds. The molecule has 0 bridgehead atoms. The fourth-order valence-corrected chi connectivity index (χ4v) is 3.20. The van der Waals surface area contributed by atoms with E-state index in [0.717, 1.165) is 39.0 Å². The highest BCUT2D eigenvalue weighted by atomic mass is 16.6. The molecule has 0 N–H and O–H groups in total. The van der Waals surface area contributed by atoms with E-state index >= 15 is 0 Å². The first-order valence-electron chi connectivity index (χ1n) is 8.31. The van der Waals surface area contributed by atoms with Crippen LogP contribution in [0.3, 0.4) is 0 Å². The Bertz CT molecular complexity index is 1130. The third-order valence-electron chi connectivity index (χ3n) is 4.56. The quantitative estimate of drug-likeness (QED) is 0.383. The molecule has 0 unspecified atom stereocenters. The molecular weight excluding hydrogens is 326 g/mol. The minimum atomic E-state index is -0.381. The predicted molar refractivity (Wildman–Crippen MR) is 103 cm³/mol. The maximum atomic E-state index is 10.9. The second-order valence-corrected chi connectivity index (χ2v) is 6.38. The standard InChI is InChI=1S/C21H17N3O2/c1-14-5-10-19-18(12-14)17(15-6-8-16(9-7-15)24(25)26)13-20(22-19)21-4-3-11-23(21)2/h3-13H,1-2H3. The summed E-state index contributed by atoms with van der Waals surface area (Å²) in [6.07, 6.45) is 1.99. The van der Waals surface area contributed by atoms with Gasteiger partial charge in [0.1, 0.15) is 0 Å². The van der Waals surface area contributed by atoms with Crippen molar-refractivity contribution in [2.24, 2.45) is 7.05 Å². The summed E-state index contributed by atoms with van der Waals surface area (Å²) >= 11 is 0. The third kappa shape index (κ3) is 2.73. The average Bonchev–Trinajstić information content (AvgIpc) is 3.07. The summed E-state index contributed by atoms with van der Waals surface area (Å²) in [4.78, 5) is 15.4. The Kier molecular flexibility index (Phi) is 3.77. The maximum Gasteiger partial charge on any atom is 0.269 e. The first-order chi connectivity index (χ1) is 12.5. The number of pyridine rings is 1. The molecule has 0 saturated carbocycles. The SMILES string of the molecule is Cc1ccc2nc(-c3cccn3C)cc(-c3ccc([N+](=O)[O-])cc3)c2c1. The van der Waals surface area contributed by atoms with Gasteiger partial charge in [-0.2, -0.15) is 0 Å². The maximum absolute atomic E-state index is 10.9. The zero-order valence-electron chi connectivity index (χ0n) is 14.5. The van der Waals surface area contributed by atoms with Gasteiger partial charge >= 0.3 is 0 Å². The van der Waals surface area contributed by atoms with E-state index in [-0.39, 0.29) is 10.6 Å².